The summed E-state index contributed by atoms with van der Waals surface area (Å²) in [5.41, 5.74) is -0.117. The van der Waals surface area contributed by atoms with E-state index in [1.54, 1.807) is 23.1 Å². The van der Waals surface area contributed by atoms with Gasteiger partial charge in [-0.1, -0.05) is 36.0 Å². The number of amidine groups is 1. The highest BCUT2D eigenvalue weighted by molar-refractivity contribution is 8.13. The predicted octanol–water partition coefficient (Wildman–Crippen LogP) is 4.51. The first-order valence-electron chi connectivity index (χ1n) is 7.14. The molecule has 0 N–H and O–H groups in total. The molecule has 0 aliphatic carbocycles. The minimum atomic E-state index is -4.35. The maximum absolute atomic E-state index is 12.8. The molecule has 0 bridgehead atoms. The molecule has 2 aromatic rings. The zero-order chi connectivity index (χ0) is 17.2. The van der Waals surface area contributed by atoms with E-state index in [1.165, 1.54) is 29.2 Å². The molecule has 3 rings (SSSR count). The summed E-state index contributed by atoms with van der Waals surface area (Å²) in [7, 11) is 0. The fourth-order valence-corrected chi connectivity index (χ4v) is 3.92. The highest BCUT2D eigenvalue weighted by atomic mass is 32.2. The summed E-state index contributed by atoms with van der Waals surface area (Å²) in [5.74, 6) is 0.217. The molecule has 0 atom stereocenters. The van der Waals surface area contributed by atoms with Gasteiger partial charge in [-0.15, -0.1) is 11.3 Å². The lowest BCUT2D eigenvalue weighted by molar-refractivity contribution is -0.137. The van der Waals surface area contributed by atoms with Gasteiger partial charge in [0.15, 0.2) is 5.17 Å². The lowest BCUT2D eigenvalue weighted by atomic mass is 10.1. The first-order chi connectivity index (χ1) is 11.4. The van der Waals surface area contributed by atoms with E-state index in [0.29, 0.717) is 34.5 Å². The Morgan fingerprint density at radius 2 is 2.12 bits per heavy atom. The number of rotatable bonds is 3. The molecular formula is C16H13F3N2OS2. The van der Waals surface area contributed by atoms with Crippen molar-refractivity contribution in [2.45, 2.75) is 11.9 Å². The van der Waals surface area contributed by atoms with Gasteiger partial charge in [0, 0.05) is 12.3 Å². The second-order valence-corrected chi connectivity index (χ2v) is 6.98. The molecule has 24 heavy (non-hydrogen) atoms. The molecule has 0 saturated carbocycles. The zero-order valence-corrected chi connectivity index (χ0v) is 14.0. The number of alkyl halides is 3. The number of aliphatic imine (C=N–C) groups is 1. The molecule has 0 spiro atoms. The van der Waals surface area contributed by atoms with Crippen LogP contribution in [0, 0.1) is 0 Å². The van der Waals surface area contributed by atoms with Crippen molar-refractivity contribution < 1.29 is 18.0 Å². The quantitative estimate of drug-likeness (QED) is 0.796. The Hall–Kier alpha value is -1.80. The molecule has 3 nitrogen and oxygen atoms in total. The number of carbonyl (C=O) groups excluding carboxylic acids is 1. The molecule has 8 heteroatoms. The van der Waals surface area contributed by atoms with Crippen molar-refractivity contribution in [1.82, 2.24) is 4.90 Å². The normalized spacial score (nSPS) is 14.8. The number of hydrogen-bond acceptors (Lipinski definition) is 4. The summed E-state index contributed by atoms with van der Waals surface area (Å²) in [6.07, 6.45) is -4.35. The number of amides is 1. The molecule has 0 radical (unpaired) electrons. The van der Waals surface area contributed by atoms with Gasteiger partial charge in [-0.05, 0) is 23.1 Å². The monoisotopic (exact) mass is 370 g/mol. The molecule has 0 saturated heterocycles. The fourth-order valence-electron chi connectivity index (χ4n) is 2.26. The van der Waals surface area contributed by atoms with E-state index in [9.17, 15) is 18.0 Å². The van der Waals surface area contributed by atoms with Crippen molar-refractivity contribution in [2.75, 3.05) is 13.1 Å². The Bertz CT molecular complexity index is 757. The third-order valence-corrected chi connectivity index (χ3v) is 5.34. The third kappa shape index (κ3) is 3.81. The van der Waals surface area contributed by atoms with E-state index in [1.807, 2.05) is 5.38 Å². The van der Waals surface area contributed by atoms with Crippen LogP contribution in [0.2, 0.25) is 0 Å². The molecule has 126 valence electrons. The van der Waals surface area contributed by atoms with Crippen molar-refractivity contribution >= 4 is 34.2 Å². The Morgan fingerprint density at radius 3 is 2.83 bits per heavy atom. The van der Waals surface area contributed by atoms with Crippen LogP contribution in [0.3, 0.4) is 0 Å². The Balaban J connectivity index is 1.67. The molecule has 1 aromatic carbocycles. The van der Waals surface area contributed by atoms with Crippen molar-refractivity contribution in [3.63, 3.8) is 0 Å². The van der Waals surface area contributed by atoms with Crippen LogP contribution in [0.25, 0.3) is 0 Å². The lowest BCUT2D eigenvalue weighted by Gasteiger charge is -2.17. The number of thiophene rings is 1. The number of nitrogens with zero attached hydrogens (tertiary/aromatic N) is 2. The second kappa shape index (κ2) is 6.98. The van der Waals surface area contributed by atoms with Gasteiger partial charge in [0.25, 0.3) is 5.91 Å². The van der Waals surface area contributed by atoms with E-state index >= 15 is 0 Å². The van der Waals surface area contributed by atoms with Crippen LogP contribution in [0.1, 0.15) is 20.8 Å². The molecule has 2 heterocycles. The van der Waals surface area contributed by atoms with Crippen LogP contribution < -0.4 is 0 Å². The minimum absolute atomic E-state index is 0.113. The summed E-state index contributed by atoms with van der Waals surface area (Å²) in [6.45, 7) is 1.02. The van der Waals surface area contributed by atoms with Crippen molar-refractivity contribution in [1.29, 1.82) is 0 Å². The Morgan fingerprint density at radius 1 is 1.29 bits per heavy atom. The average Bonchev–Trinajstić information content (AvgIpc) is 3.23. The van der Waals surface area contributed by atoms with Crippen LogP contribution in [0.4, 0.5) is 13.2 Å². The molecule has 1 aliphatic rings. The molecule has 1 aromatic heterocycles. The number of thioether (sulfide) groups is 1. The van der Waals surface area contributed by atoms with E-state index in [4.69, 9.17) is 0 Å². The largest absolute Gasteiger partial charge is 0.416 e. The third-order valence-electron chi connectivity index (χ3n) is 3.40. The molecular weight excluding hydrogens is 357 g/mol. The standard InChI is InChI=1S/C16H13F3N2OS2/c17-16(18,19)12-4-1-3-11(9-12)10-24-15-20-6-7-21(15)14(22)13-5-2-8-23-13/h1-5,8-9H,6-7,10H2. The van der Waals surface area contributed by atoms with Gasteiger partial charge in [0.1, 0.15) is 0 Å². The number of benzene rings is 1. The Kier molecular flexibility index (Phi) is 4.96. The highest BCUT2D eigenvalue weighted by Crippen LogP contribution is 2.31. The summed E-state index contributed by atoms with van der Waals surface area (Å²) in [5, 5.41) is 2.39. The number of halogens is 3. The summed E-state index contributed by atoms with van der Waals surface area (Å²) < 4.78 is 38.3. The molecule has 0 unspecified atom stereocenters. The average molecular weight is 370 g/mol. The van der Waals surface area contributed by atoms with Gasteiger partial charge >= 0.3 is 6.18 Å². The topological polar surface area (TPSA) is 32.7 Å². The highest BCUT2D eigenvalue weighted by Gasteiger charge is 2.30. The predicted molar refractivity (Wildman–Crippen MR) is 90.4 cm³/mol. The van der Waals surface area contributed by atoms with Crippen LogP contribution in [0.5, 0.6) is 0 Å². The summed E-state index contributed by atoms with van der Waals surface area (Å²) in [6, 6.07) is 8.77. The maximum atomic E-state index is 12.8. The first-order valence-corrected chi connectivity index (χ1v) is 9.00. The second-order valence-electron chi connectivity index (χ2n) is 5.09. The summed E-state index contributed by atoms with van der Waals surface area (Å²) in [4.78, 5) is 18.9. The van der Waals surface area contributed by atoms with E-state index in [2.05, 4.69) is 4.99 Å². The van der Waals surface area contributed by atoms with Crippen LogP contribution in [0.15, 0.2) is 46.8 Å². The lowest BCUT2D eigenvalue weighted by Crippen LogP contribution is -2.32. The van der Waals surface area contributed by atoms with Gasteiger partial charge < -0.3 is 0 Å². The van der Waals surface area contributed by atoms with Gasteiger partial charge in [0.05, 0.1) is 17.0 Å². The van der Waals surface area contributed by atoms with Crippen LogP contribution >= 0.6 is 23.1 Å². The van der Waals surface area contributed by atoms with Crippen molar-refractivity contribution in [3.05, 3.63) is 57.8 Å². The summed E-state index contributed by atoms with van der Waals surface area (Å²) >= 11 is 2.64. The van der Waals surface area contributed by atoms with Crippen molar-refractivity contribution in [3.8, 4) is 0 Å². The Labute approximate surface area is 145 Å². The minimum Gasteiger partial charge on any atom is -0.285 e. The smallest absolute Gasteiger partial charge is 0.285 e. The SMILES string of the molecule is O=C(c1cccs1)N1CCN=C1SCc1cccc(C(F)(F)F)c1. The van der Waals surface area contributed by atoms with E-state index in [0.717, 1.165) is 12.1 Å². The molecule has 1 aliphatic heterocycles. The van der Waals surface area contributed by atoms with E-state index < -0.39 is 11.7 Å². The molecule has 1 amide bonds. The van der Waals surface area contributed by atoms with Crippen LogP contribution in [-0.4, -0.2) is 29.1 Å². The van der Waals surface area contributed by atoms with Gasteiger partial charge in [0.2, 0.25) is 0 Å². The number of carbonyl (C=O) groups is 1. The number of hydrogen-bond donors (Lipinski definition) is 0. The van der Waals surface area contributed by atoms with Gasteiger partial charge in [-0.25, -0.2) is 0 Å². The van der Waals surface area contributed by atoms with Gasteiger partial charge in [-0.3, -0.25) is 14.7 Å². The zero-order valence-electron chi connectivity index (χ0n) is 12.4. The fraction of sp³-hybridized carbons (Fsp3) is 0.250. The van der Waals surface area contributed by atoms with E-state index in [-0.39, 0.29) is 5.91 Å². The van der Waals surface area contributed by atoms with Crippen LogP contribution in [-0.2, 0) is 11.9 Å². The maximum Gasteiger partial charge on any atom is 0.416 e. The van der Waals surface area contributed by atoms with Gasteiger partial charge in [-0.2, -0.15) is 13.2 Å². The first kappa shape index (κ1) is 17.0. The van der Waals surface area contributed by atoms with Crippen molar-refractivity contribution in [2.24, 2.45) is 4.99 Å². The molecule has 0 fully saturated rings.